The molecular weight excluding hydrogens is 338 g/mol. The van der Waals surface area contributed by atoms with E-state index in [9.17, 15) is 18.4 Å². The van der Waals surface area contributed by atoms with Gasteiger partial charge in [0.2, 0.25) is 11.8 Å². The van der Waals surface area contributed by atoms with Crippen molar-refractivity contribution in [2.45, 2.75) is 6.42 Å². The minimum absolute atomic E-state index is 0.0180. The van der Waals surface area contributed by atoms with Gasteiger partial charge in [0.15, 0.2) is 0 Å². The highest BCUT2D eigenvalue weighted by Gasteiger charge is 2.36. The molecule has 1 unspecified atom stereocenters. The molecule has 3 rings (SSSR count). The second-order valence-electron chi connectivity index (χ2n) is 5.89. The first-order valence-corrected chi connectivity index (χ1v) is 8.11. The van der Waals surface area contributed by atoms with Crippen molar-refractivity contribution in [3.63, 3.8) is 0 Å². The Hall–Kier alpha value is -3.20. The minimum atomic E-state index is -0.826. The fourth-order valence-corrected chi connectivity index (χ4v) is 2.76. The van der Waals surface area contributed by atoms with Gasteiger partial charge >= 0.3 is 0 Å². The largest absolute Gasteiger partial charge is 0.345 e. The summed E-state index contributed by atoms with van der Waals surface area (Å²) in [6.07, 6.45) is -0.0191. The Balaban J connectivity index is 1.58. The van der Waals surface area contributed by atoms with Gasteiger partial charge in [0.05, 0.1) is 18.2 Å². The Labute approximate surface area is 149 Å². The first kappa shape index (κ1) is 17.6. The zero-order valence-electron chi connectivity index (χ0n) is 13.8. The molecule has 0 spiro atoms. The van der Waals surface area contributed by atoms with Gasteiger partial charge in [-0.2, -0.15) is 0 Å². The molecule has 2 aromatic rings. The van der Waals surface area contributed by atoms with Gasteiger partial charge in [-0.25, -0.2) is 8.78 Å². The van der Waals surface area contributed by atoms with Gasteiger partial charge in [-0.05, 0) is 24.3 Å². The highest BCUT2D eigenvalue weighted by Crippen LogP contribution is 2.27. The third-order valence-corrected chi connectivity index (χ3v) is 4.05. The van der Waals surface area contributed by atoms with Crippen LogP contribution in [0.4, 0.5) is 14.5 Å². The average Bonchev–Trinajstić information content (AvgIpc) is 3.01. The SMILES string of the molecule is O=C(NCC#Cc1ccccc1)C1CC(=O)N(c2ccc(F)cc2F)C1. The summed E-state index contributed by atoms with van der Waals surface area (Å²) >= 11 is 0. The molecule has 0 saturated carbocycles. The van der Waals surface area contributed by atoms with Crippen LogP contribution in [0.15, 0.2) is 48.5 Å². The lowest BCUT2D eigenvalue weighted by atomic mass is 10.1. The molecular formula is C20H16F2N2O2. The zero-order chi connectivity index (χ0) is 18.5. The number of nitrogens with one attached hydrogen (secondary N) is 1. The molecule has 1 fully saturated rings. The highest BCUT2D eigenvalue weighted by atomic mass is 19.1. The molecule has 0 radical (unpaired) electrons. The van der Waals surface area contributed by atoms with E-state index in [-0.39, 0.29) is 37.0 Å². The van der Waals surface area contributed by atoms with Crippen LogP contribution >= 0.6 is 0 Å². The normalized spacial score (nSPS) is 16.2. The van der Waals surface area contributed by atoms with Crippen molar-refractivity contribution in [1.29, 1.82) is 0 Å². The number of rotatable bonds is 3. The summed E-state index contributed by atoms with van der Waals surface area (Å²) in [4.78, 5) is 25.5. The van der Waals surface area contributed by atoms with Crippen LogP contribution in [0.3, 0.4) is 0 Å². The number of hydrogen-bond acceptors (Lipinski definition) is 2. The lowest BCUT2D eigenvalue weighted by molar-refractivity contribution is -0.126. The number of carbonyl (C=O) groups is 2. The molecule has 1 heterocycles. The van der Waals surface area contributed by atoms with Crippen LogP contribution in [0.1, 0.15) is 12.0 Å². The number of carbonyl (C=O) groups excluding carboxylic acids is 2. The van der Waals surface area contributed by atoms with Crippen molar-refractivity contribution >= 4 is 17.5 Å². The van der Waals surface area contributed by atoms with E-state index in [1.54, 1.807) is 0 Å². The quantitative estimate of drug-likeness (QED) is 0.861. The summed E-state index contributed by atoms with van der Waals surface area (Å²) in [5, 5.41) is 2.67. The Bertz CT molecular complexity index is 888. The van der Waals surface area contributed by atoms with Gasteiger partial charge in [-0.3, -0.25) is 9.59 Å². The molecule has 2 amide bonds. The average molecular weight is 354 g/mol. The molecule has 1 saturated heterocycles. The topological polar surface area (TPSA) is 49.4 Å². The summed E-state index contributed by atoms with van der Waals surface area (Å²) in [5.74, 6) is 2.94. The maximum atomic E-state index is 13.9. The maximum Gasteiger partial charge on any atom is 0.227 e. The van der Waals surface area contributed by atoms with E-state index in [0.29, 0.717) is 0 Å². The Morgan fingerprint density at radius 1 is 1.19 bits per heavy atom. The number of halogens is 2. The van der Waals surface area contributed by atoms with Crippen LogP contribution in [-0.2, 0) is 9.59 Å². The van der Waals surface area contributed by atoms with Crippen LogP contribution < -0.4 is 10.2 Å². The Kier molecular flexibility index (Phi) is 5.28. The number of amides is 2. The Morgan fingerprint density at radius 3 is 2.69 bits per heavy atom. The van der Waals surface area contributed by atoms with Gasteiger partial charge in [0, 0.05) is 24.6 Å². The second kappa shape index (κ2) is 7.79. The summed E-state index contributed by atoms with van der Waals surface area (Å²) in [6, 6.07) is 12.4. The highest BCUT2D eigenvalue weighted by molar-refractivity contribution is 6.00. The zero-order valence-corrected chi connectivity index (χ0v) is 13.8. The molecule has 1 aliphatic rings. The molecule has 6 heteroatoms. The van der Waals surface area contributed by atoms with Crippen molar-refractivity contribution in [1.82, 2.24) is 5.32 Å². The monoisotopic (exact) mass is 354 g/mol. The molecule has 4 nitrogen and oxygen atoms in total. The third-order valence-electron chi connectivity index (χ3n) is 4.05. The van der Waals surface area contributed by atoms with Gasteiger partial charge in [0.1, 0.15) is 11.6 Å². The van der Waals surface area contributed by atoms with Crippen LogP contribution in [0.5, 0.6) is 0 Å². The van der Waals surface area contributed by atoms with Gasteiger partial charge < -0.3 is 10.2 Å². The molecule has 0 bridgehead atoms. The summed E-state index contributed by atoms with van der Waals surface area (Å²) in [7, 11) is 0. The van der Waals surface area contributed by atoms with E-state index in [4.69, 9.17) is 0 Å². The minimum Gasteiger partial charge on any atom is -0.345 e. The number of anilines is 1. The van der Waals surface area contributed by atoms with Crippen molar-refractivity contribution in [2.24, 2.45) is 5.92 Å². The van der Waals surface area contributed by atoms with Crippen LogP contribution in [0, 0.1) is 29.4 Å². The molecule has 1 N–H and O–H groups in total. The number of hydrogen-bond donors (Lipinski definition) is 1. The molecule has 26 heavy (non-hydrogen) atoms. The van der Waals surface area contributed by atoms with E-state index in [0.717, 1.165) is 17.7 Å². The van der Waals surface area contributed by atoms with Crippen LogP contribution in [0.25, 0.3) is 0 Å². The molecule has 0 aromatic heterocycles. The van der Waals surface area contributed by atoms with Gasteiger partial charge in [0.25, 0.3) is 0 Å². The van der Waals surface area contributed by atoms with E-state index in [1.807, 2.05) is 30.3 Å². The van der Waals surface area contributed by atoms with E-state index in [2.05, 4.69) is 17.2 Å². The fraction of sp³-hybridized carbons (Fsp3) is 0.200. The predicted octanol–water partition coefficient (Wildman–Crippen LogP) is 2.49. The number of nitrogens with zero attached hydrogens (tertiary/aromatic N) is 1. The van der Waals surface area contributed by atoms with Gasteiger partial charge in [-0.1, -0.05) is 30.0 Å². The first-order valence-electron chi connectivity index (χ1n) is 8.11. The molecule has 0 aliphatic carbocycles. The van der Waals surface area contributed by atoms with E-state index in [1.165, 1.54) is 11.0 Å². The van der Waals surface area contributed by atoms with Gasteiger partial charge in [-0.15, -0.1) is 0 Å². The fourth-order valence-electron chi connectivity index (χ4n) is 2.76. The van der Waals surface area contributed by atoms with Crippen LogP contribution in [0.2, 0.25) is 0 Å². The van der Waals surface area contributed by atoms with Crippen molar-refractivity contribution < 1.29 is 18.4 Å². The van der Waals surface area contributed by atoms with Crippen molar-refractivity contribution in [3.05, 3.63) is 65.7 Å². The van der Waals surface area contributed by atoms with Crippen LogP contribution in [-0.4, -0.2) is 24.9 Å². The number of benzene rings is 2. The lowest BCUT2D eigenvalue weighted by Gasteiger charge is -2.17. The first-order chi connectivity index (χ1) is 12.5. The molecule has 1 atom stereocenters. The van der Waals surface area contributed by atoms with E-state index < -0.39 is 17.6 Å². The van der Waals surface area contributed by atoms with E-state index >= 15 is 0 Å². The molecule has 132 valence electrons. The maximum absolute atomic E-state index is 13.9. The summed E-state index contributed by atoms with van der Waals surface area (Å²) in [5.41, 5.74) is 0.825. The van der Waals surface area contributed by atoms with Crippen molar-refractivity contribution in [3.8, 4) is 11.8 Å². The standard InChI is InChI=1S/C20H16F2N2O2/c21-16-8-9-18(17(22)12-16)24-13-15(11-19(24)25)20(26)23-10-4-7-14-5-2-1-3-6-14/h1-3,5-6,8-9,12,15H,10-11,13H2,(H,23,26). The van der Waals surface area contributed by atoms with Crippen molar-refractivity contribution in [2.75, 3.05) is 18.0 Å². The lowest BCUT2D eigenvalue weighted by Crippen LogP contribution is -2.33. The third kappa shape index (κ3) is 4.06. The Morgan fingerprint density at radius 2 is 1.96 bits per heavy atom. The summed E-state index contributed by atoms with van der Waals surface area (Å²) in [6.45, 7) is 0.211. The smallest absolute Gasteiger partial charge is 0.227 e. The molecule has 1 aliphatic heterocycles. The summed E-state index contributed by atoms with van der Waals surface area (Å²) < 4.78 is 26.9. The second-order valence-corrected chi connectivity index (χ2v) is 5.89. The molecule has 2 aromatic carbocycles. The predicted molar refractivity (Wildman–Crippen MR) is 93.1 cm³/mol.